The third-order valence-corrected chi connectivity index (χ3v) is 5.17. The molecule has 0 spiro atoms. The summed E-state index contributed by atoms with van der Waals surface area (Å²) in [5, 5.41) is 3.74. The summed E-state index contributed by atoms with van der Waals surface area (Å²) in [7, 11) is 1.91. The molecule has 3 heterocycles. The lowest BCUT2D eigenvalue weighted by Gasteiger charge is -2.36. The second-order valence-electron chi connectivity index (χ2n) is 6.88. The lowest BCUT2D eigenvalue weighted by atomic mass is 10.1. The number of fused-ring (bicyclic) bond motifs is 1. The zero-order valence-electron chi connectivity index (χ0n) is 16.0. The van der Waals surface area contributed by atoms with Crippen molar-refractivity contribution in [1.82, 2.24) is 29.3 Å². The number of aromatic nitrogens is 4. The lowest BCUT2D eigenvalue weighted by Crippen LogP contribution is -2.49. The van der Waals surface area contributed by atoms with Crippen LogP contribution in [-0.2, 0) is 18.4 Å². The molecule has 1 unspecified atom stereocenters. The lowest BCUT2D eigenvalue weighted by molar-refractivity contribution is -0.135. The first-order valence-corrected chi connectivity index (χ1v) is 9.25. The molecule has 1 fully saturated rings. The van der Waals surface area contributed by atoms with E-state index in [9.17, 15) is 14.4 Å². The van der Waals surface area contributed by atoms with E-state index in [0.717, 1.165) is 5.82 Å². The van der Waals surface area contributed by atoms with Crippen molar-refractivity contribution < 1.29 is 4.79 Å². The molecule has 1 amide bonds. The minimum absolute atomic E-state index is 0. The van der Waals surface area contributed by atoms with Crippen molar-refractivity contribution in [2.75, 3.05) is 19.6 Å². The van der Waals surface area contributed by atoms with Crippen LogP contribution in [0, 0.1) is 0 Å². The summed E-state index contributed by atoms with van der Waals surface area (Å²) in [6, 6.07) is 6.75. The van der Waals surface area contributed by atoms with Crippen molar-refractivity contribution in [3.63, 3.8) is 0 Å². The van der Waals surface area contributed by atoms with Gasteiger partial charge in [-0.15, -0.1) is 12.4 Å². The first-order valence-electron chi connectivity index (χ1n) is 9.25. The van der Waals surface area contributed by atoms with Gasteiger partial charge in [0.2, 0.25) is 5.91 Å². The van der Waals surface area contributed by atoms with Crippen LogP contribution in [0.5, 0.6) is 0 Å². The Bertz CT molecular complexity index is 1130. The Morgan fingerprint density at radius 1 is 1.28 bits per heavy atom. The summed E-state index contributed by atoms with van der Waals surface area (Å²) in [5.41, 5.74) is -0.386. The topological polar surface area (TPSA) is 105 Å². The third kappa shape index (κ3) is 3.96. The van der Waals surface area contributed by atoms with Crippen molar-refractivity contribution in [1.29, 1.82) is 0 Å². The van der Waals surface area contributed by atoms with Crippen LogP contribution in [0.1, 0.15) is 18.3 Å². The molecule has 1 aromatic carbocycles. The van der Waals surface area contributed by atoms with Crippen LogP contribution >= 0.6 is 12.4 Å². The van der Waals surface area contributed by atoms with Gasteiger partial charge in [0.1, 0.15) is 11.9 Å². The normalized spacial score (nSPS) is 16.6. The van der Waals surface area contributed by atoms with Crippen molar-refractivity contribution in [3.8, 4) is 0 Å². The zero-order chi connectivity index (χ0) is 19.7. The van der Waals surface area contributed by atoms with E-state index < -0.39 is 11.2 Å². The highest BCUT2D eigenvalue weighted by Crippen LogP contribution is 2.21. The van der Waals surface area contributed by atoms with E-state index in [4.69, 9.17) is 0 Å². The van der Waals surface area contributed by atoms with Crippen molar-refractivity contribution in [2.24, 2.45) is 7.05 Å². The Balaban J connectivity index is 0.00000240. The van der Waals surface area contributed by atoms with Crippen LogP contribution in [0.2, 0.25) is 0 Å². The Morgan fingerprint density at radius 3 is 2.83 bits per heavy atom. The van der Waals surface area contributed by atoms with E-state index in [1.807, 2.05) is 22.7 Å². The number of halogens is 1. The van der Waals surface area contributed by atoms with Gasteiger partial charge in [0, 0.05) is 52.0 Å². The molecule has 2 N–H and O–H groups in total. The van der Waals surface area contributed by atoms with E-state index in [1.54, 1.807) is 30.5 Å². The molecule has 0 radical (unpaired) electrons. The van der Waals surface area contributed by atoms with Gasteiger partial charge in [0.25, 0.3) is 5.56 Å². The zero-order valence-corrected chi connectivity index (χ0v) is 16.8. The second-order valence-corrected chi connectivity index (χ2v) is 6.88. The summed E-state index contributed by atoms with van der Waals surface area (Å²) >= 11 is 0. The number of carbonyl (C=O) groups excluding carboxylic acids is 1. The maximum atomic E-state index is 13.0. The number of aryl methyl sites for hydroxylation is 2. The molecule has 3 aromatic rings. The molecule has 1 aliphatic heterocycles. The molecule has 10 heteroatoms. The van der Waals surface area contributed by atoms with E-state index in [2.05, 4.69) is 15.3 Å². The van der Waals surface area contributed by atoms with Gasteiger partial charge in [-0.3, -0.25) is 19.1 Å². The molecule has 4 rings (SSSR count). The molecule has 0 bridgehead atoms. The number of para-hydroxylation sites is 1. The van der Waals surface area contributed by atoms with Gasteiger partial charge in [-0.1, -0.05) is 12.1 Å². The predicted molar refractivity (Wildman–Crippen MR) is 111 cm³/mol. The molecule has 1 atom stereocenters. The summed E-state index contributed by atoms with van der Waals surface area (Å²) in [5.74, 6) is 0.781. The number of imidazole rings is 1. The van der Waals surface area contributed by atoms with Crippen LogP contribution in [0.3, 0.4) is 0 Å². The minimum Gasteiger partial charge on any atom is -0.336 e. The molecule has 9 nitrogen and oxygen atoms in total. The average Bonchev–Trinajstić information content (AvgIpc) is 3.13. The number of H-pyrrole nitrogens is 1. The van der Waals surface area contributed by atoms with Crippen LogP contribution < -0.4 is 16.6 Å². The number of benzene rings is 1. The SMILES string of the molecule is Cl.Cn1ccnc1C1CNCCN1C(=O)CCn1c(=O)[nH]c(=O)c2ccccc21. The van der Waals surface area contributed by atoms with E-state index in [1.165, 1.54) is 4.57 Å². The molecule has 29 heavy (non-hydrogen) atoms. The fraction of sp³-hybridized carbons (Fsp3) is 0.368. The molecule has 0 saturated carbocycles. The van der Waals surface area contributed by atoms with Gasteiger partial charge < -0.3 is 14.8 Å². The standard InChI is InChI=1S/C19H22N6O3.ClH/c1-23-10-8-21-17(23)15-12-20-7-11-24(15)16(26)6-9-25-14-5-3-2-4-13(14)18(27)22-19(25)28;/h2-5,8,10,15,20H,6-7,9,11-12H2,1H3,(H,22,27,28);1H. The molecular formula is C19H23ClN6O3. The highest BCUT2D eigenvalue weighted by atomic mass is 35.5. The number of aromatic amines is 1. The second kappa shape index (κ2) is 8.62. The molecule has 1 saturated heterocycles. The number of hydrogen-bond donors (Lipinski definition) is 2. The maximum absolute atomic E-state index is 13.0. The number of nitrogens with zero attached hydrogens (tertiary/aromatic N) is 4. The Morgan fingerprint density at radius 2 is 2.07 bits per heavy atom. The third-order valence-electron chi connectivity index (χ3n) is 5.17. The molecule has 1 aliphatic rings. The van der Waals surface area contributed by atoms with Crippen molar-refractivity contribution in [3.05, 3.63) is 63.3 Å². The van der Waals surface area contributed by atoms with Gasteiger partial charge in [-0.2, -0.15) is 0 Å². The van der Waals surface area contributed by atoms with Crippen LogP contribution in [-0.4, -0.2) is 49.5 Å². The number of nitrogens with one attached hydrogen (secondary N) is 2. The fourth-order valence-electron chi connectivity index (χ4n) is 3.75. The van der Waals surface area contributed by atoms with Crippen LogP contribution in [0.25, 0.3) is 10.9 Å². The number of carbonyl (C=O) groups is 1. The quantitative estimate of drug-likeness (QED) is 0.638. The molecule has 154 valence electrons. The number of rotatable bonds is 4. The van der Waals surface area contributed by atoms with Crippen molar-refractivity contribution in [2.45, 2.75) is 19.0 Å². The van der Waals surface area contributed by atoms with Gasteiger partial charge >= 0.3 is 5.69 Å². The van der Waals surface area contributed by atoms with Gasteiger partial charge in [0.05, 0.1) is 10.9 Å². The fourth-order valence-corrected chi connectivity index (χ4v) is 3.75. The monoisotopic (exact) mass is 418 g/mol. The highest BCUT2D eigenvalue weighted by molar-refractivity contribution is 5.85. The Labute approximate surface area is 172 Å². The number of hydrogen-bond acceptors (Lipinski definition) is 5. The summed E-state index contributed by atoms with van der Waals surface area (Å²) < 4.78 is 3.37. The Kier molecular flexibility index (Phi) is 6.19. The summed E-state index contributed by atoms with van der Waals surface area (Å²) in [4.78, 5) is 45.8. The first-order chi connectivity index (χ1) is 13.6. The largest absolute Gasteiger partial charge is 0.336 e. The van der Waals surface area contributed by atoms with E-state index in [0.29, 0.717) is 30.5 Å². The molecular weight excluding hydrogens is 396 g/mol. The number of piperazine rings is 1. The van der Waals surface area contributed by atoms with Gasteiger partial charge in [0.15, 0.2) is 0 Å². The molecule has 0 aliphatic carbocycles. The van der Waals surface area contributed by atoms with E-state index in [-0.39, 0.29) is 37.3 Å². The van der Waals surface area contributed by atoms with Gasteiger partial charge in [-0.05, 0) is 12.1 Å². The summed E-state index contributed by atoms with van der Waals surface area (Å²) in [6.45, 7) is 2.14. The predicted octanol–water partition coefficient (Wildman–Crippen LogP) is 0.408. The summed E-state index contributed by atoms with van der Waals surface area (Å²) in [6.07, 6.45) is 3.74. The Hall–Kier alpha value is -2.91. The first kappa shape index (κ1) is 20.8. The van der Waals surface area contributed by atoms with Crippen LogP contribution in [0.4, 0.5) is 0 Å². The smallest absolute Gasteiger partial charge is 0.328 e. The van der Waals surface area contributed by atoms with Crippen LogP contribution in [0.15, 0.2) is 46.2 Å². The maximum Gasteiger partial charge on any atom is 0.328 e. The highest BCUT2D eigenvalue weighted by Gasteiger charge is 2.30. The number of amides is 1. The van der Waals surface area contributed by atoms with Gasteiger partial charge in [-0.25, -0.2) is 9.78 Å². The molecule has 2 aromatic heterocycles. The minimum atomic E-state index is -0.502. The van der Waals surface area contributed by atoms with E-state index >= 15 is 0 Å². The average molecular weight is 419 g/mol. The van der Waals surface area contributed by atoms with Crippen molar-refractivity contribution >= 4 is 29.2 Å².